The molecule has 1 aliphatic carbocycles. The van der Waals surface area contributed by atoms with Gasteiger partial charge in [0.25, 0.3) is 0 Å². The van der Waals surface area contributed by atoms with Crippen LogP contribution in [0, 0.1) is 5.92 Å². The van der Waals surface area contributed by atoms with E-state index in [1.54, 1.807) is 3.26 Å². The average molecular weight is 393 g/mol. The zero-order chi connectivity index (χ0) is 12.3. The van der Waals surface area contributed by atoms with Crippen molar-refractivity contribution in [3.63, 3.8) is 0 Å². The standard InChI is InChI=1S/C16H22.Hf/c1-13(2)16-10-8-15(9-11-16)12-14-6-4-3-5-7-14;/h8-11,13-14H,3-7H2,1-2H3;/q;+2. The molecular formula is C16H22Hf+2. The molecule has 0 heterocycles. The Balaban J connectivity index is 2.08. The molecule has 0 nitrogen and oxygen atoms in total. The van der Waals surface area contributed by atoms with Crippen molar-refractivity contribution in [1.29, 1.82) is 0 Å². The Kier molecular flexibility index (Phi) is 4.90. The fraction of sp³-hybridized carbons (Fsp3) is 0.562. The fourth-order valence-corrected chi connectivity index (χ4v) is 4.31. The van der Waals surface area contributed by atoms with Gasteiger partial charge in [-0.2, -0.15) is 0 Å². The van der Waals surface area contributed by atoms with Crippen molar-refractivity contribution in [1.82, 2.24) is 0 Å². The van der Waals surface area contributed by atoms with Gasteiger partial charge in [-0.25, -0.2) is 0 Å². The molecule has 1 aliphatic rings. The van der Waals surface area contributed by atoms with Crippen molar-refractivity contribution >= 4 is 3.26 Å². The molecule has 0 unspecified atom stereocenters. The first-order chi connectivity index (χ1) is 8.18. The van der Waals surface area contributed by atoms with Gasteiger partial charge in [0.2, 0.25) is 0 Å². The van der Waals surface area contributed by atoms with Crippen molar-refractivity contribution < 1.29 is 23.9 Å². The average Bonchev–Trinajstić information content (AvgIpc) is 2.39. The van der Waals surface area contributed by atoms with E-state index in [4.69, 9.17) is 0 Å². The normalized spacial score (nSPS) is 17.5. The predicted molar refractivity (Wildman–Crippen MR) is 71.2 cm³/mol. The van der Waals surface area contributed by atoms with Crippen LogP contribution in [-0.2, 0) is 23.9 Å². The summed E-state index contributed by atoms with van der Waals surface area (Å²) in [6.07, 6.45) is 7.22. The summed E-state index contributed by atoms with van der Waals surface area (Å²) in [6.45, 7) is 4.53. The van der Waals surface area contributed by atoms with Crippen LogP contribution in [0.3, 0.4) is 0 Å². The Morgan fingerprint density at radius 1 is 1.06 bits per heavy atom. The molecular weight excluding hydrogens is 371 g/mol. The molecule has 1 heteroatoms. The third kappa shape index (κ3) is 3.47. The molecule has 0 amide bonds. The van der Waals surface area contributed by atoms with E-state index in [0.29, 0.717) is 5.92 Å². The summed E-state index contributed by atoms with van der Waals surface area (Å²) in [6, 6.07) is 9.35. The van der Waals surface area contributed by atoms with Crippen LogP contribution in [-0.4, -0.2) is 3.26 Å². The van der Waals surface area contributed by atoms with Gasteiger partial charge in [-0.1, -0.05) is 0 Å². The molecule has 0 aromatic heterocycles. The topological polar surface area (TPSA) is 0 Å². The Morgan fingerprint density at radius 3 is 2.18 bits per heavy atom. The molecule has 1 aromatic carbocycles. The zero-order valence-corrected chi connectivity index (χ0v) is 14.6. The van der Waals surface area contributed by atoms with Crippen molar-refractivity contribution in [2.75, 3.05) is 0 Å². The van der Waals surface area contributed by atoms with E-state index >= 15 is 0 Å². The predicted octanol–water partition coefficient (Wildman–Crippen LogP) is 4.46. The molecule has 0 saturated heterocycles. The number of hydrogen-bond donors (Lipinski definition) is 0. The second kappa shape index (κ2) is 6.22. The molecule has 1 fully saturated rings. The van der Waals surface area contributed by atoms with Crippen molar-refractivity contribution in [3.05, 3.63) is 35.4 Å². The maximum atomic E-state index is 2.35. The molecule has 0 spiro atoms. The van der Waals surface area contributed by atoms with Gasteiger partial charge in [-0.3, -0.25) is 0 Å². The molecule has 0 bridgehead atoms. The fourth-order valence-electron chi connectivity index (χ4n) is 2.67. The second-order valence-corrected chi connectivity index (χ2v) is 7.46. The van der Waals surface area contributed by atoms with E-state index in [1.807, 2.05) is 0 Å². The minimum atomic E-state index is 0.649. The molecule has 2 rings (SSSR count). The summed E-state index contributed by atoms with van der Waals surface area (Å²) in [5, 5.41) is 0. The molecule has 0 N–H and O–H groups in total. The molecule has 0 aliphatic heterocycles. The van der Waals surface area contributed by atoms with Crippen LogP contribution in [0.15, 0.2) is 24.3 Å². The van der Waals surface area contributed by atoms with Crippen LogP contribution in [0.2, 0.25) is 0 Å². The van der Waals surface area contributed by atoms with Gasteiger partial charge in [0.15, 0.2) is 0 Å². The van der Waals surface area contributed by atoms with Crippen LogP contribution in [0.5, 0.6) is 0 Å². The molecule has 88 valence electrons. The zero-order valence-electron chi connectivity index (χ0n) is 11.0. The van der Waals surface area contributed by atoms with Crippen molar-refractivity contribution in [2.24, 2.45) is 5.92 Å². The maximum absolute atomic E-state index is 2.35. The van der Waals surface area contributed by atoms with Crippen molar-refractivity contribution in [2.45, 2.75) is 51.9 Å². The molecule has 1 saturated carbocycles. The van der Waals surface area contributed by atoms with E-state index in [0.717, 1.165) is 5.92 Å². The molecule has 0 atom stereocenters. The summed E-state index contributed by atoms with van der Waals surface area (Å²) >= 11 is 1.23. The number of rotatable bonds is 3. The SMILES string of the molecule is CC(C)c1ccc([C](=[Hf+2])C2CCCCC2)cc1. The van der Waals surface area contributed by atoms with Gasteiger partial charge >= 0.3 is 120 Å². The van der Waals surface area contributed by atoms with Gasteiger partial charge in [-0.15, -0.1) is 0 Å². The summed E-state index contributed by atoms with van der Waals surface area (Å²) in [5.41, 5.74) is 2.99. The Labute approximate surface area is 120 Å². The quantitative estimate of drug-likeness (QED) is 0.666. The summed E-state index contributed by atoms with van der Waals surface area (Å²) in [7, 11) is 0. The summed E-state index contributed by atoms with van der Waals surface area (Å²) < 4.78 is 1.75. The van der Waals surface area contributed by atoms with Gasteiger partial charge in [0.1, 0.15) is 0 Å². The van der Waals surface area contributed by atoms with E-state index in [1.165, 1.54) is 67.1 Å². The summed E-state index contributed by atoms with van der Waals surface area (Å²) in [4.78, 5) is 0. The van der Waals surface area contributed by atoms with Crippen LogP contribution in [0.25, 0.3) is 0 Å². The van der Waals surface area contributed by atoms with Crippen LogP contribution < -0.4 is 0 Å². The number of benzene rings is 1. The molecule has 17 heavy (non-hydrogen) atoms. The summed E-state index contributed by atoms with van der Waals surface area (Å²) in [5.74, 6) is 1.55. The van der Waals surface area contributed by atoms with Crippen LogP contribution in [0.1, 0.15) is 63.0 Å². The Bertz CT molecular complexity index is 369. The molecule has 1 aromatic rings. The van der Waals surface area contributed by atoms with Gasteiger partial charge in [-0.05, 0) is 0 Å². The number of hydrogen-bond acceptors (Lipinski definition) is 0. The monoisotopic (exact) mass is 394 g/mol. The van der Waals surface area contributed by atoms with Gasteiger partial charge in [0.05, 0.1) is 0 Å². The van der Waals surface area contributed by atoms with Gasteiger partial charge < -0.3 is 0 Å². The second-order valence-electron chi connectivity index (χ2n) is 5.53. The first-order valence-electron chi connectivity index (χ1n) is 6.87. The first kappa shape index (κ1) is 13.4. The van der Waals surface area contributed by atoms with Crippen molar-refractivity contribution in [3.8, 4) is 0 Å². The van der Waals surface area contributed by atoms with Gasteiger partial charge in [0, 0.05) is 0 Å². The Morgan fingerprint density at radius 2 is 1.65 bits per heavy atom. The third-order valence-corrected chi connectivity index (χ3v) is 6.41. The van der Waals surface area contributed by atoms with E-state index in [9.17, 15) is 0 Å². The molecule has 0 radical (unpaired) electrons. The van der Waals surface area contributed by atoms with Crippen LogP contribution in [0.4, 0.5) is 0 Å². The van der Waals surface area contributed by atoms with E-state index in [2.05, 4.69) is 38.1 Å². The Hall–Kier alpha value is -0.0399. The van der Waals surface area contributed by atoms with E-state index in [-0.39, 0.29) is 0 Å². The van der Waals surface area contributed by atoms with E-state index < -0.39 is 0 Å². The minimum absolute atomic E-state index is 0.649. The van der Waals surface area contributed by atoms with Crippen LogP contribution >= 0.6 is 0 Å². The first-order valence-corrected chi connectivity index (χ1v) is 8.67. The third-order valence-electron chi connectivity index (χ3n) is 3.90.